The van der Waals surface area contributed by atoms with Crippen LogP contribution >= 0.6 is 11.3 Å². The van der Waals surface area contributed by atoms with E-state index in [1.165, 1.54) is 35.9 Å². The number of aromatic nitrogens is 4. The van der Waals surface area contributed by atoms with Gasteiger partial charge in [0.05, 0.1) is 12.1 Å². The number of anilines is 1. The molecular formula is C18H17F2N5O2S. The number of carbonyl (C=O) groups is 1. The predicted molar refractivity (Wildman–Crippen MR) is 100 cm³/mol. The molecule has 0 radical (unpaired) electrons. The highest BCUT2D eigenvalue weighted by molar-refractivity contribution is 7.15. The quantitative estimate of drug-likeness (QED) is 0.564. The van der Waals surface area contributed by atoms with Crippen molar-refractivity contribution in [2.24, 2.45) is 0 Å². The third kappa shape index (κ3) is 5.49. The van der Waals surface area contributed by atoms with Crippen LogP contribution in [0.1, 0.15) is 17.0 Å². The van der Waals surface area contributed by atoms with Crippen molar-refractivity contribution in [3.05, 3.63) is 53.0 Å². The van der Waals surface area contributed by atoms with Gasteiger partial charge < -0.3 is 10.4 Å². The normalized spacial score (nSPS) is 11.9. The van der Waals surface area contributed by atoms with Gasteiger partial charge in [-0.2, -0.15) is 0 Å². The fourth-order valence-corrected chi connectivity index (χ4v) is 3.30. The maximum Gasteiger partial charge on any atom is 0.308 e. The van der Waals surface area contributed by atoms with E-state index in [9.17, 15) is 13.6 Å². The van der Waals surface area contributed by atoms with E-state index in [1.807, 2.05) is 0 Å². The molecule has 146 valence electrons. The molecule has 0 saturated heterocycles. The Balaban J connectivity index is 1.48. The van der Waals surface area contributed by atoms with Gasteiger partial charge in [0, 0.05) is 30.2 Å². The van der Waals surface area contributed by atoms with E-state index < -0.39 is 18.0 Å². The standard InChI is InChI=1S/C18H17F2N5O2S/c19-11(8-15-13(20)2-1-6-21-15)5-7-22-16-4-3-14(24-25-16)18-23-10-12(28-18)9-17(26)27/h1-4,6,10-11H,5,7-9H2,(H,22,25)(H,26,27)/t11-/m0/s1. The zero-order valence-corrected chi connectivity index (χ0v) is 15.5. The first kappa shape index (κ1) is 19.7. The Morgan fingerprint density at radius 2 is 2.11 bits per heavy atom. The van der Waals surface area contributed by atoms with Crippen LogP contribution in [0.15, 0.2) is 36.7 Å². The van der Waals surface area contributed by atoms with E-state index in [2.05, 4.69) is 25.5 Å². The van der Waals surface area contributed by atoms with Gasteiger partial charge in [0.15, 0.2) is 0 Å². The van der Waals surface area contributed by atoms with Gasteiger partial charge in [-0.1, -0.05) is 0 Å². The molecule has 0 aliphatic heterocycles. The van der Waals surface area contributed by atoms with E-state index in [1.54, 1.807) is 12.1 Å². The van der Waals surface area contributed by atoms with Crippen LogP contribution < -0.4 is 5.32 Å². The van der Waals surface area contributed by atoms with Crippen LogP contribution in [-0.4, -0.2) is 44.0 Å². The number of nitrogens with zero attached hydrogens (tertiary/aromatic N) is 4. The summed E-state index contributed by atoms with van der Waals surface area (Å²) < 4.78 is 27.5. The Hall–Kier alpha value is -3.01. The lowest BCUT2D eigenvalue weighted by molar-refractivity contribution is -0.136. The Labute approximate surface area is 163 Å². The lowest BCUT2D eigenvalue weighted by Crippen LogP contribution is -2.14. The van der Waals surface area contributed by atoms with Crippen molar-refractivity contribution in [2.75, 3.05) is 11.9 Å². The summed E-state index contributed by atoms with van der Waals surface area (Å²) in [4.78, 5) is 19.3. The van der Waals surface area contributed by atoms with Crippen molar-refractivity contribution in [1.82, 2.24) is 20.2 Å². The highest BCUT2D eigenvalue weighted by atomic mass is 32.1. The Bertz CT molecular complexity index is 936. The van der Waals surface area contributed by atoms with Crippen LogP contribution in [0.2, 0.25) is 0 Å². The summed E-state index contributed by atoms with van der Waals surface area (Å²) in [5.41, 5.74) is 0.644. The Morgan fingerprint density at radius 3 is 2.82 bits per heavy atom. The Morgan fingerprint density at radius 1 is 1.25 bits per heavy atom. The lowest BCUT2D eigenvalue weighted by atomic mass is 10.1. The minimum atomic E-state index is -1.23. The number of nitrogens with one attached hydrogen (secondary N) is 1. The molecular weight excluding hydrogens is 388 g/mol. The summed E-state index contributed by atoms with van der Waals surface area (Å²) in [5.74, 6) is -0.951. The number of halogens is 2. The van der Waals surface area contributed by atoms with E-state index >= 15 is 0 Å². The molecule has 3 heterocycles. The van der Waals surface area contributed by atoms with E-state index in [-0.39, 0.29) is 25.0 Å². The minimum Gasteiger partial charge on any atom is -0.481 e. The van der Waals surface area contributed by atoms with E-state index in [0.29, 0.717) is 27.9 Å². The molecule has 0 aromatic carbocycles. The Kier molecular flexibility index (Phi) is 6.53. The van der Waals surface area contributed by atoms with E-state index in [4.69, 9.17) is 5.11 Å². The minimum absolute atomic E-state index is 0.0817. The number of hydrogen-bond acceptors (Lipinski definition) is 7. The summed E-state index contributed by atoms with van der Waals surface area (Å²) in [6, 6.07) is 6.12. The van der Waals surface area contributed by atoms with Crippen molar-refractivity contribution < 1.29 is 18.7 Å². The van der Waals surface area contributed by atoms with Crippen LogP contribution in [0, 0.1) is 5.82 Å². The number of alkyl halides is 1. The predicted octanol–water partition coefficient (Wildman–Crippen LogP) is 3.14. The van der Waals surface area contributed by atoms with Crippen molar-refractivity contribution in [3.8, 4) is 10.7 Å². The molecule has 0 unspecified atom stereocenters. The van der Waals surface area contributed by atoms with Gasteiger partial charge in [-0.15, -0.1) is 21.5 Å². The maximum atomic E-state index is 14.0. The van der Waals surface area contributed by atoms with Gasteiger partial charge in [0.2, 0.25) is 0 Å². The molecule has 10 heteroatoms. The average molecular weight is 405 g/mol. The molecule has 2 N–H and O–H groups in total. The summed E-state index contributed by atoms with van der Waals surface area (Å²) >= 11 is 1.24. The second-order valence-corrected chi connectivity index (χ2v) is 7.07. The third-order valence-corrected chi connectivity index (χ3v) is 4.80. The zero-order chi connectivity index (χ0) is 19.9. The molecule has 3 aromatic heterocycles. The molecule has 0 amide bonds. The maximum absolute atomic E-state index is 14.0. The third-order valence-electron chi connectivity index (χ3n) is 3.78. The summed E-state index contributed by atoms with van der Waals surface area (Å²) in [7, 11) is 0. The number of carboxylic acids is 1. The van der Waals surface area contributed by atoms with Crippen molar-refractivity contribution in [3.63, 3.8) is 0 Å². The molecule has 7 nitrogen and oxygen atoms in total. The highest BCUT2D eigenvalue weighted by Gasteiger charge is 2.13. The number of thiazole rings is 1. The largest absolute Gasteiger partial charge is 0.481 e. The first-order valence-electron chi connectivity index (χ1n) is 8.49. The second-order valence-electron chi connectivity index (χ2n) is 5.95. The molecule has 0 bridgehead atoms. The lowest BCUT2D eigenvalue weighted by Gasteiger charge is -2.09. The summed E-state index contributed by atoms with van der Waals surface area (Å²) in [6.07, 6.45) is 1.72. The first-order valence-corrected chi connectivity index (χ1v) is 9.31. The van der Waals surface area contributed by atoms with Crippen LogP contribution in [0.4, 0.5) is 14.6 Å². The van der Waals surface area contributed by atoms with Gasteiger partial charge in [0.25, 0.3) is 0 Å². The van der Waals surface area contributed by atoms with Crippen molar-refractivity contribution >= 4 is 23.1 Å². The average Bonchev–Trinajstić information content (AvgIpc) is 3.12. The molecule has 3 rings (SSSR count). The van der Waals surface area contributed by atoms with Crippen LogP contribution in [0.5, 0.6) is 0 Å². The van der Waals surface area contributed by atoms with E-state index in [0.717, 1.165) is 0 Å². The fraction of sp³-hybridized carbons (Fsp3) is 0.278. The number of hydrogen-bond donors (Lipinski definition) is 2. The van der Waals surface area contributed by atoms with Crippen LogP contribution in [-0.2, 0) is 17.6 Å². The monoisotopic (exact) mass is 405 g/mol. The van der Waals surface area contributed by atoms with Gasteiger partial charge in [-0.3, -0.25) is 9.78 Å². The summed E-state index contributed by atoms with van der Waals surface area (Å²) in [5, 5.41) is 20.4. The first-order chi connectivity index (χ1) is 13.5. The molecule has 1 atom stereocenters. The second kappa shape index (κ2) is 9.27. The molecule has 0 spiro atoms. The topological polar surface area (TPSA) is 101 Å². The zero-order valence-electron chi connectivity index (χ0n) is 14.7. The molecule has 0 aliphatic rings. The highest BCUT2D eigenvalue weighted by Crippen LogP contribution is 2.23. The number of pyridine rings is 1. The van der Waals surface area contributed by atoms with Gasteiger partial charge in [-0.05, 0) is 30.7 Å². The molecule has 28 heavy (non-hydrogen) atoms. The molecule has 0 saturated carbocycles. The molecule has 0 aliphatic carbocycles. The smallest absolute Gasteiger partial charge is 0.308 e. The fourth-order valence-electron chi connectivity index (χ4n) is 2.43. The number of carboxylic acid groups (broad SMARTS) is 1. The van der Waals surface area contributed by atoms with Gasteiger partial charge >= 0.3 is 5.97 Å². The van der Waals surface area contributed by atoms with Gasteiger partial charge in [0.1, 0.15) is 28.5 Å². The number of aliphatic carboxylic acids is 1. The summed E-state index contributed by atoms with van der Waals surface area (Å²) in [6.45, 7) is 0.309. The van der Waals surface area contributed by atoms with Crippen molar-refractivity contribution in [1.29, 1.82) is 0 Å². The van der Waals surface area contributed by atoms with Crippen LogP contribution in [0.3, 0.4) is 0 Å². The molecule has 3 aromatic rings. The van der Waals surface area contributed by atoms with Gasteiger partial charge in [-0.25, -0.2) is 13.8 Å². The number of rotatable bonds is 9. The van der Waals surface area contributed by atoms with Crippen LogP contribution in [0.25, 0.3) is 10.7 Å². The SMILES string of the molecule is O=C(O)Cc1cnc(-c2ccc(NCC[C@H](F)Cc3ncccc3F)nn2)s1. The van der Waals surface area contributed by atoms with Crippen molar-refractivity contribution in [2.45, 2.75) is 25.4 Å². The molecule has 0 fully saturated rings.